The molecule has 1 saturated heterocycles. The summed E-state index contributed by atoms with van der Waals surface area (Å²) in [6, 6.07) is 16.5. The summed E-state index contributed by atoms with van der Waals surface area (Å²) in [6.45, 7) is 0.506. The maximum atomic E-state index is 11.9. The standard InChI is InChI=1S/C18H19NO5/c20-10-16-17(24-16)12-22-15-9-5-4-8-14(15)19-18(21)23-11-13-6-2-1-3-7-13/h1-9,16-17,20H,10-12H2,(H,19,21)/t16-,17+/m1/s1. The van der Waals surface area contributed by atoms with Crippen LogP contribution in [-0.2, 0) is 16.1 Å². The van der Waals surface area contributed by atoms with Gasteiger partial charge in [0.15, 0.2) is 0 Å². The average Bonchev–Trinajstić information content (AvgIpc) is 3.39. The first kappa shape index (κ1) is 16.3. The molecule has 6 heteroatoms. The zero-order valence-electron chi connectivity index (χ0n) is 13.1. The number of carbonyl (C=O) groups excluding carboxylic acids is 1. The number of aliphatic hydroxyl groups is 1. The number of hydrogen-bond donors (Lipinski definition) is 2. The minimum atomic E-state index is -0.550. The van der Waals surface area contributed by atoms with E-state index >= 15 is 0 Å². The van der Waals surface area contributed by atoms with Crippen LogP contribution in [0.25, 0.3) is 0 Å². The van der Waals surface area contributed by atoms with Gasteiger partial charge in [-0.15, -0.1) is 0 Å². The molecule has 1 amide bonds. The molecule has 2 aromatic rings. The maximum Gasteiger partial charge on any atom is 0.412 e. The van der Waals surface area contributed by atoms with Crippen molar-refractivity contribution in [2.75, 3.05) is 18.5 Å². The summed E-state index contributed by atoms with van der Waals surface area (Å²) in [5, 5.41) is 11.6. The Bertz CT molecular complexity index is 676. The van der Waals surface area contributed by atoms with Crippen molar-refractivity contribution >= 4 is 11.8 Å². The van der Waals surface area contributed by atoms with Gasteiger partial charge in [-0.2, -0.15) is 0 Å². The molecular formula is C18H19NO5. The van der Waals surface area contributed by atoms with Gasteiger partial charge in [0.1, 0.15) is 31.2 Å². The second-order valence-corrected chi connectivity index (χ2v) is 5.39. The van der Waals surface area contributed by atoms with Crippen LogP contribution in [-0.4, -0.2) is 36.6 Å². The molecule has 1 aliphatic rings. The van der Waals surface area contributed by atoms with Gasteiger partial charge in [0.25, 0.3) is 0 Å². The van der Waals surface area contributed by atoms with Crippen molar-refractivity contribution in [3.63, 3.8) is 0 Å². The summed E-state index contributed by atoms with van der Waals surface area (Å²) in [6.07, 6.45) is -0.806. The van der Waals surface area contributed by atoms with E-state index in [9.17, 15) is 4.79 Å². The Morgan fingerprint density at radius 3 is 2.58 bits per heavy atom. The molecule has 2 N–H and O–H groups in total. The van der Waals surface area contributed by atoms with Crippen LogP contribution in [0, 0.1) is 0 Å². The minimum Gasteiger partial charge on any atom is -0.489 e. The Hall–Kier alpha value is -2.57. The lowest BCUT2D eigenvalue weighted by molar-refractivity contribution is 0.155. The third kappa shape index (κ3) is 4.47. The molecule has 1 heterocycles. The van der Waals surface area contributed by atoms with Crippen LogP contribution in [0.3, 0.4) is 0 Å². The molecule has 1 fully saturated rings. The second kappa shape index (κ2) is 7.81. The number of benzene rings is 2. The summed E-state index contributed by atoms with van der Waals surface area (Å²) in [7, 11) is 0. The number of anilines is 1. The van der Waals surface area contributed by atoms with Crippen molar-refractivity contribution in [2.24, 2.45) is 0 Å². The molecule has 24 heavy (non-hydrogen) atoms. The van der Waals surface area contributed by atoms with E-state index in [2.05, 4.69) is 5.32 Å². The number of nitrogens with one attached hydrogen (secondary N) is 1. The number of aliphatic hydroxyl groups excluding tert-OH is 1. The lowest BCUT2D eigenvalue weighted by atomic mass is 10.2. The van der Waals surface area contributed by atoms with Crippen LogP contribution in [0.15, 0.2) is 54.6 Å². The lowest BCUT2D eigenvalue weighted by Crippen LogP contribution is -2.15. The van der Waals surface area contributed by atoms with Gasteiger partial charge in [0.05, 0.1) is 12.3 Å². The Morgan fingerprint density at radius 2 is 1.83 bits per heavy atom. The monoisotopic (exact) mass is 329 g/mol. The summed E-state index contributed by atoms with van der Waals surface area (Å²) in [5.41, 5.74) is 1.44. The second-order valence-electron chi connectivity index (χ2n) is 5.39. The topological polar surface area (TPSA) is 80.3 Å². The minimum absolute atomic E-state index is 0.0142. The quantitative estimate of drug-likeness (QED) is 0.763. The van der Waals surface area contributed by atoms with Gasteiger partial charge in [-0.25, -0.2) is 4.79 Å². The van der Waals surface area contributed by atoms with E-state index in [4.69, 9.17) is 19.3 Å². The van der Waals surface area contributed by atoms with Crippen molar-refractivity contribution in [3.8, 4) is 5.75 Å². The molecular weight excluding hydrogens is 310 g/mol. The smallest absolute Gasteiger partial charge is 0.412 e. The molecule has 126 valence electrons. The summed E-state index contributed by atoms with van der Waals surface area (Å²) >= 11 is 0. The van der Waals surface area contributed by atoms with Gasteiger partial charge in [0.2, 0.25) is 0 Å². The molecule has 0 unspecified atom stereocenters. The Balaban J connectivity index is 1.51. The largest absolute Gasteiger partial charge is 0.489 e. The highest BCUT2D eigenvalue weighted by atomic mass is 16.6. The van der Waals surface area contributed by atoms with Gasteiger partial charge in [0, 0.05) is 0 Å². The zero-order valence-corrected chi connectivity index (χ0v) is 13.1. The molecule has 0 spiro atoms. The Kier molecular flexibility index (Phi) is 5.30. The SMILES string of the molecule is O=C(Nc1ccccc1OC[C@@H]1O[C@@H]1CO)OCc1ccccc1. The number of para-hydroxylation sites is 2. The van der Waals surface area contributed by atoms with E-state index in [-0.39, 0.29) is 25.4 Å². The first-order valence-electron chi connectivity index (χ1n) is 7.72. The van der Waals surface area contributed by atoms with E-state index in [1.165, 1.54) is 0 Å². The third-order valence-electron chi connectivity index (χ3n) is 3.61. The molecule has 6 nitrogen and oxygen atoms in total. The number of ether oxygens (including phenoxy) is 3. The fraction of sp³-hybridized carbons (Fsp3) is 0.278. The number of carbonyl (C=O) groups is 1. The molecule has 0 aromatic heterocycles. The molecule has 2 aromatic carbocycles. The molecule has 0 radical (unpaired) electrons. The van der Waals surface area contributed by atoms with Crippen LogP contribution >= 0.6 is 0 Å². The van der Waals surface area contributed by atoms with Crippen LogP contribution < -0.4 is 10.1 Å². The van der Waals surface area contributed by atoms with Crippen LogP contribution in [0.1, 0.15) is 5.56 Å². The highest BCUT2D eigenvalue weighted by Gasteiger charge is 2.38. The fourth-order valence-electron chi connectivity index (χ4n) is 2.22. The van der Waals surface area contributed by atoms with Gasteiger partial charge in [-0.05, 0) is 17.7 Å². The van der Waals surface area contributed by atoms with E-state index in [0.717, 1.165) is 5.56 Å². The molecule has 0 saturated carbocycles. The third-order valence-corrected chi connectivity index (χ3v) is 3.61. The first-order chi connectivity index (χ1) is 11.8. The molecule has 0 aliphatic carbocycles. The molecule has 1 aliphatic heterocycles. The van der Waals surface area contributed by atoms with Crippen molar-refractivity contribution in [2.45, 2.75) is 18.8 Å². The average molecular weight is 329 g/mol. The van der Waals surface area contributed by atoms with Crippen LogP contribution in [0.4, 0.5) is 10.5 Å². The molecule has 0 bridgehead atoms. The summed E-state index contributed by atoms with van der Waals surface area (Å²) < 4.78 is 16.1. The fourth-order valence-corrected chi connectivity index (χ4v) is 2.22. The number of amides is 1. The Labute approximate surface area is 140 Å². The van der Waals surface area contributed by atoms with Gasteiger partial charge >= 0.3 is 6.09 Å². The zero-order chi connectivity index (χ0) is 16.8. The van der Waals surface area contributed by atoms with Crippen molar-refractivity contribution in [1.82, 2.24) is 0 Å². The number of rotatable bonds is 7. The molecule has 3 rings (SSSR count). The highest BCUT2D eigenvalue weighted by molar-refractivity contribution is 5.86. The van der Waals surface area contributed by atoms with Gasteiger partial charge < -0.3 is 19.3 Å². The van der Waals surface area contributed by atoms with E-state index in [1.54, 1.807) is 18.2 Å². The van der Waals surface area contributed by atoms with Crippen LogP contribution in [0.5, 0.6) is 5.75 Å². The van der Waals surface area contributed by atoms with Gasteiger partial charge in [-0.1, -0.05) is 42.5 Å². The van der Waals surface area contributed by atoms with Crippen molar-refractivity contribution < 1.29 is 24.1 Å². The van der Waals surface area contributed by atoms with E-state index < -0.39 is 6.09 Å². The normalized spacial score (nSPS) is 18.7. The highest BCUT2D eigenvalue weighted by Crippen LogP contribution is 2.27. The van der Waals surface area contributed by atoms with Crippen LogP contribution in [0.2, 0.25) is 0 Å². The number of epoxide rings is 1. The van der Waals surface area contributed by atoms with Crippen molar-refractivity contribution in [1.29, 1.82) is 0 Å². The van der Waals surface area contributed by atoms with E-state index in [0.29, 0.717) is 18.0 Å². The lowest BCUT2D eigenvalue weighted by Gasteiger charge is -2.12. The Morgan fingerprint density at radius 1 is 1.08 bits per heavy atom. The summed E-state index contributed by atoms with van der Waals surface area (Å²) in [5.74, 6) is 0.529. The van der Waals surface area contributed by atoms with E-state index in [1.807, 2.05) is 36.4 Å². The van der Waals surface area contributed by atoms with Gasteiger partial charge in [-0.3, -0.25) is 5.32 Å². The van der Waals surface area contributed by atoms with Crippen molar-refractivity contribution in [3.05, 3.63) is 60.2 Å². The predicted octanol–water partition coefficient (Wildman–Crippen LogP) is 2.57. The first-order valence-corrected chi connectivity index (χ1v) is 7.72. The molecule has 2 atom stereocenters. The maximum absolute atomic E-state index is 11.9. The predicted molar refractivity (Wildman–Crippen MR) is 87.9 cm³/mol. The number of hydrogen-bond acceptors (Lipinski definition) is 5. The summed E-state index contributed by atoms with van der Waals surface area (Å²) in [4.78, 5) is 11.9.